The molecule has 4 heteroatoms. The van der Waals surface area contributed by atoms with Gasteiger partial charge in [0.1, 0.15) is 0 Å². The summed E-state index contributed by atoms with van der Waals surface area (Å²) in [6, 6.07) is 0. The summed E-state index contributed by atoms with van der Waals surface area (Å²) in [5.74, 6) is 0. The van der Waals surface area contributed by atoms with Crippen LogP contribution in [0.15, 0.2) is 10.9 Å². The van der Waals surface area contributed by atoms with Crippen molar-refractivity contribution in [2.75, 3.05) is 13.7 Å². The smallest absolute Gasteiger partial charge is 0.0795 e. The molecule has 1 atom stereocenters. The summed E-state index contributed by atoms with van der Waals surface area (Å²) in [5, 5.41) is 5.43. The molecule has 0 aliphatic heterocycles. The van der Waals surface area contributed by atoms with E-state index in [1.165, 1.54) is 0 Å². The van der Waals surface area contributed by atoms with Crippen molar-refractivity contribution in [3.05, 3.63) is 16.6 Å². The molecule has 1 rings (SSSR count). The van der Waals surface area contributed by atoms with Gasteiger partial charge in [-0.15, -0.1) is 11.3 Å². The fraction of sp³-hybridized carbons (Fsp3) is 0.727. The number of nitrogens with zero attached hydrogens (tertiary/aromatic N) is 1. The van der Waals surface area contributed by atoms with E-state index in [1.54, 1.807) is 18.4 Å². The van der Waals surface area contributed by atoms with Gasteiger partial charge in [0.2, 0.25) is 0 Å². The van der Waals surface area contributed by atoms with Gasteiger partial charge in [0, 0.05) is 25.6 Å². The quantitative estimate of drug-likeness (QED) is 0.839. The fourth-order valence-corrected chi connectivity index (χ4v) is 1.96. The lowest BCUT2D eigenvalue weighted by Gasteiger charge is -2.29. The molecule has 0 spiro atoms. The number of methoxy groups -OCH3 is 1. The predicted molar refractivity (Wildman–Crippen MR) is 64.1 cm³/mol. The molecule has 0 bridgehead atoms. The number of thiazole rings is 1. The van der Waals surface area contributed by atoms with Gasteiger partial charge in [0.25, 0.3) is 0 Å². The molecule has 1 unspecified atom stereocenters. The monoisotopic (exact) mass is 228 g/mol. The molecule has 1 N–H and O–H groups in total. The summed E-state index contributed by atoms with van der Waals surface area (Å²) in [5.41, 5.74) is 3.13. The molecule has 0 amide bonds. The summed E-state index contributed by atoms with van der Waals surface area (Å²) < 4.78 is 5.45. The highest BCUT2D eigenvalue weighted by atomic mass is 32.1. The zero-order valence-electron chi connectivity index (χ0n) is 9.91. The number of ether oxygens (including phenoxy) is 1. The Bertz CT molecular complexity index is 267. The van der Waals surface area contributed by atoms with Gasteiger partial charge in [0.05, 0.1) is 17.3 Å². The first-order chi connectivity index (χ1) is 7.04. The van der Waals surface area contributed by atoms with E-state index >= 15 is 0 Å². The Labute approximate surface area is 95.9 Å². The minimum absolute atomic E-state index is 0.170. The van der Waals surface area contributed by atoms with E-state index < -0.39 is 0 Å². The van der Waals surface area contributed by atoms with E-state index in [2.05, 4.69) is 36.5 Å². The van der Waals surface area contributed by atoms with Crippen LogP contribution in [0.3, 0.4) is 0 Å². The highest BCUT2D eigenvalue weighted by molar-refractivity contribution is 7.07. The molecular weight excluding hydrogens is 208 g/mol. The number of rotatable bonds is 5. The van der Waals surface area contributed by atoms with Crippen LogP contribution in [0.25, 0.3) is 0 Å². The lowest BCUT2D eigenvalue weighted by atomic mass is 9.89. The van der Waals surface area contributed by atoms with Gasteiger partial charge in [0.15, 0.2) is 0 Å². The van der Waals surface area contributed by atoms with Crippen LogP contribution in [0, 0.1) is 5.41 Å². The highest BCUT2D eigenvalue weighted by Gasteiger charge is 2.23. The molecule has 86 valence electrons. The third kappa shape index (κ3) is 4.28. The molecule has 0 radical (unpaired) electrons. The summed E-state index contributed by atoms with van der Waals surface area (Å²) in [6.07, 6.45) is 0.233. The maximum absolute atomic E-state index is 5.45. The normalized spacial score (nSPS) is 14.1. The van der Waals surface area contributed by atoms with Gasteiger partial charge in [-0.05, 0) is 5.41 Å². The third-order valence-electron chi connectivity index (χ3n) is 2.37. The lowest BCUT2D eigenvalue weighted by molar-refractivity contribution is 0.0173. The number of hydrogen-bond acceptors (Lipinski definition) is 4. The van der Waals surface area contributed by atoms with Gasteiger partial charge < -0.3 is 10.1 Å². The Morgan fingerprint density at radius 3 is 2.73 bits per heavy atom. The minimum atomic E-state index is 0.170. The van der Waals surface area contributed by atoms with Gasteiger partial charge >= 0.3 is 0 Å². The molecular formula is C11H20N2OS. The summed E-state index contributed by atoms with van der Waals surface area (Å²) in [7, 11) is 1.76. The van der Waals surface area contributed by atoms with Crippen molar-refractivity contribution < 1.29 is 4.74 Å². The Morgan fingerprint density at radius 1 is 1.53 bits per heavy atom. The number of hydrogen-bond donors (Lipinski definition) is 1. The van der Waals surface area contributed by atoms with Crippen LogP contribution in [0.1, 0.15) is 26.5 Å². The topological polar surface area (TPSA) is 34.1 Å². The van der Waals surface area contributed by atoms with Crippen molar-refractivity contribution in [2.24, 2.45) is 5.41 Å². The summed E-state index contributed by atoms with van der Waals surface area (Å²) in [4.78, 5) is 4.22. The van der Waals surface area contributed by atoms with Crippen molar-refractivity contribution in [2.45, 2.75) is 33.4 Å². The van der Waals surface area contributed by atoms with Crippen LogP contribution >= 0.6 is 11.3 Å². The maximum Gasteiger partial charge on any atom is 0.0795 e. The van der Waals surface area contributed by atoms with Crippen molar-refractivity contribution in [3.63, 3.8) is 0 Å². The van der Waals surface area contributed by atoms with Gasteiger partial charge in [-0.3, -0.25) is 0 Å². The third-order valence-corrected chi connectivity index (χ3v) is 3.01. The first kappa shape index (κ1) is 12.6. The van der Waals surface area contributed by atoms with E-state index in [-0.39, 0.29) is 11.5 Å². The van der Waals surface area contributed by atoms with Crippen LogP contribution < -0.4 is 5.32 Å². The van der Waals surface area contributed by atoms with E-state index in [0.717, 1.165) is 18.8 Å². The molecule has 0 fully saturated rings. The molecule has 0 aliphatic carbocycles. The first-order valence-electron chi connectivity index (χ1n) is 5.14. The van der Waals surface area contributed by atoms with E-state index in [4.69, 9.17) is 4.74 Å². The SMILES string of the molecule is COC(CNCc1cscn1)C(C)(C)C. The van der Waals surface area contributed by atoms with E-state index in [9.17, 15) is 0 Å². The first-order valence-corrected chi connectivity index (χ1v) is 6.09. The zero-order valence-corrected chi connectivity index (χ0v) is 10.7. The molecule has 1 aromatic heterocycles. The summed E-state index contributed by atoms with van der Waals surface area (Å²) in [6.45, 7) is 8.24. The van der Waals surface area contributed by atoms with Crippen LogP contribution in [0.2, 0.25) is 0 Å². The largest absolute Gasteiger partial charge is 0.380 e. The Balaban J connectivity index is 2.29. The molecule has 0 aromatic carbocycles. The minimum Gasteiger partial charge on any atom is -0.380 e. The average Bonchev–Trinajstić information content (AvgIpc) is 2.62. The summed E-state index contributed by atoms with van der Waals surface area (Å²) >= 11 is 1.63. The van der Waals surface area contributed by atoms with Crippen LogP contribution in [0.4, 0.5) is 0 Å². The molecule has 0 saturated heterocycles. The Kier molecular flexibility index (Phi) is 4.70. The molecule has 3 nitrogen and oxygen atoms in total. The van der Waals surface area contributed by atoms with Crippen LogP contribution in [-0.4, -0.2) is 24.7 Å². The van der Waals surface area contributed by atoms with Crippen molar-refractivity contribution in [3.8, 4) is 0 Å². The second kappa shape index (κ2) is 5.58. The molecule has 1 heterocycles. The van der Waals surface area contributed by atoms with E-state index in [0.29, 0.717) is 0 Å². The lowest BCUT2D eigenvalue weighted by Crippen LogP contribution is -2.38. The number of nitrogens with one attached hydrogen (secondary N) is 1. The molecule has 15 heavy (non-hydrogen) atoms. The number of aromatic nitrogens is 1. The second-order valence-electron chi connectivity index (χ2n) is 4.70. The van der Waals surface area contributed by atoms with Crippen molar-refractivity contribution >= 4 is 11.3 Å². The van der Waals surface area contributed by atoms with Gasteiger partial charge in [-0.25, -0.2) is 4.98 Å². The van der Waals surface area contributed by atoms with Crippen LogP contribution in [-0.2, 0) is 11.3 Å². The Hall–Kier alpha value is -0.450. The zero-order chi connectivity index (χ0) is 11.3. The fourth-order valence-electron chi connectivity index (χ4n) is 1.40. The predicted octanol–water partition coefficient (Wildman–Crippen LogP) is 2.29. The molecule has 1 aromatic rings. The molecule has 0 aliphatic rings. The Morgan fingerprint density at radius 2 is 2.27 bits per heavy atom. The van der Waals surface area contributed by atoms with Gasteiger partial charge in [-0.1, -0.05) is 20.8 Å². The van der Waals surface area contributed by atoms with Crippen LogP contribution in [0.5, 0.6) is 0 Å². The van der Waals surface area contributed by atoms with Gasteiger partial charge in [-0.2, -0.15) is 0 Å². The van der Waals surface area contributed by atoms with E-state index in [1.807, 2.05) is 5.51 Å². The maximum atomic E-state index is 5.45. The average molecular weight is 228 g/mol. The van der Waals surface area contributed by atoms with Crippen molar-refractivity contribution in [1.82, 2.24) is 10.3 Å². The molecule has 0 saturated carbocycles. The standard InChI is InChI=1S/C11H20N2OS/c1-11(2,3)10(14-4)6-12-5-9-7-15-8-13-9/h7-8,10,12H,5-6H2,1-4H3. The highest BCUT2D eigenvalue weighted by Crippen LogP contribution is 2.20. The van der Waals surface area contributed by atoms with Crippen molar-refractivity contribution in [1.29, 1.82) is 0 Å². The second-order valence-corrected chi connectivity index (χ2v) is 5.42.